The van der Waals surface area contributed by atoms with Crippen LogP contribution < -0.4 is 33.2 Å². The van der Waals surface area contributed by atoms with E-state index in [0.717, 1.165) is 31.9 Å². The smallest absolute Gasteiger partial charge is 0.203 e. The fraction of sp³-hybridized carbons (Fsp3) is 0.206. The predicted molar refractivity (Wildman–Crippen MR) is 171 cm³/mol. The standard InChI is InChI=1S/C34H33NO7S/c1-36-26-14-12-22(10-11-23-19-30(38-3)33(40-5)31(20-23)39-4)18-28(26)41-16-17-42-29-21-24(13-15-27(29)37-2)34-35-25-8-6-7-9-32(25)43-34/h6-15,18-21H,16-17H2,1-5H3. The maximum Gasteiger partial charge on any atom is 0.203 e. The average Bonchev–Trinajstić information content (AvgIpc) is 3.49. The molecule has 0 aliphatic rings. The second-order valence-electron chi connectivity index (χ2n) is 9.25. The average molecular weight is 600 g/mol. The topological polar surface area (TPSA) is 77.5 Å². The maximum absolute atomic E-state index is 6.10. The number of aromatic nitrogens is 1. The predicted octanol–water partition coefficient (Wildman–Crippen LogP) is 7.63. The maximum atomic E-state index is 6.10. The summed E-state index contributed by atoms with van der Waals surface area (Å²) in [5.41, 5.74) is 3.76. The highest BCUT2D eigenvalue weighted by Gasteiger charge is 2.13. The Labute approximate surface area is 255 Å². The van der Waals surface area contributed by atoms with E-state index < -0.39 is 0 Å². The highest BCUT2D eigenvalue weighted by Crippen LogP contribution is 2.39. The first-order valence-corrected chi connectivity index (χ1v) is 14.3. The number of hydrogen-bond acceptors (Lipinski definition) is 9. The number of benzene rings is 4. The lowest BCUT2D eigenvalue weighted by Gasteiger charge is -2.14. The minimum absolute atomic E-state index is 0.297. The van der Waals surface area contributed by atoms with Gasteiger partial charge in [-0.05, 0) is 65.7 Å². The van der Waals surface area contributed by atoms with E-state index >= 15 is 0 Å². The molecule has 0 saturated heterocycles. The van der Waals surface area contributed by atoms with Crippen LogP contribution in [0.25, 0.3) is 32.9 Å². The van der Waals surface area contributed by atoms with Gasteiger partial charge in [0, 0.05) is 5.56 Å². The van der Waals surface area contributed by atoms with E-state index in [9.17, 15) is 0 Å². The van der Waals surface area contributed by atoms with Crippen LogP contribution in [0.2, 0.25) is 0 Å². The molecule has 0 fully saturated rings. The van der Waals surface area contributed by atoms with Crippen molar-refractivity contribution in [2.45, 2.75) is 0 Å². The van der Waals surface area contributed by atoms with Gasteiger partial charge in [0.05, 0.1) is 45.8 Å². The Hall–Kier alpha value is -4.89. The van der Waals surface area contributed by atoms with Gasteiger partial charge in [0.1, 0.15) is 18.2 Å². The van der Waals surface area contributed by atoms with E-state index in [2.05, 4.69) is 6.07 Å². The fourth-order valence-electron chi connectivity index (χ4n) is 4.52. The van der Waals surface area contributed by atoms with Gasteiger partial charge in [-0.2, -0.15) is 0 Å². The third-order valence-corrected chi connectivity index (χ3v) is 7.73. The first-order chi connectivity index (χ1) is 21.1. The molecular formula is C34H33NO7S. The molecule has 0 radical (unpaired) electrons. The fourth-order valence-corrected chi connectivity index (χ4v) is 5.48. The van der Waals surface area contributed by atoms with Crippen LogP contribution in [-0.2, 0) is 0 Å². The Morgan fingerprint density at radius 3 is 1.79 bits per heavy atom. The lowest BCUT2D eigenvalue weighted by Crippen LogP contribution is -2.10. The molecule has 4 aromatic carbocycles. The summed E-state index contributed by atoms with van der Waals surface area (Å²) in [7, 11) is 8.01. The van der Waals surface area contributed by atoms with Crippen molar-refractivity contribution >= 4 is 33.7 Å². The Morgan fingerprint density at radius 2 is 1.16 bits per heavy atom. The van der Waals surface area contributed by atoms with Gasteiger partial charge in [-0.15, -0.1) is 11.3 Å². The van der Waals surface area contributed by atoms with E-state index in [4.69, 9.17) is 38.1 Å². The van der Waals surface area contributed by atoms with Crippen molar-refractivity contribution in [1.82, 2.24) is 4.98 Å². The number of methoxy groups -OCH3 is 5. The molecule has 5 rings (SSSR count). The number of hydrogen-bond donors (Lipinski definition) is 0. The second kappa shape index (κ2) is 13.8. The largest absolute Gasteiger partial charge is 0.493 e. The zero-order chi connectivity index (χ0) is 30.2. The molecule has 0 amide bonds. The molecule has 0 aliphatic carbocycles. The van der Waals surface area contributed by atoms with Crippen LogP contribution in [0.4, 0.5) is 0 Å². The van der Waals surface area contributed by atoms with Crippen molar-refractivity contribution in [3.8, 4) is 50.8 Å². The molecule has 0 aliphatic heterocycles. The lowest BCUT2D eigenvalue weighted by atomic mass is 10.1. The minimum Gasteiger partial charge on any atom is -0.493 e. The molecule has 1 aromatic heterocycles. The van der Waals surface area contributed by atoms with Crippen LogP contribution in [0.15, 0.2) is 72.8 Å². The molecule has 5 aromatic rings. The van der Waals surface area contributed by atoms with Crippen molar-refractivity contribution in [2.75, 3.05) is 48.8 Å². The molecule has 222 valence electrons. The van der Waals surface area contributed by atoms with Crippen LogP contribution in [0.1, 0.15) is 11.1 Å². The Kier molecular flexibility index (Phi) is 9.53. The Morgan fingerprint density at radius 1 is 0.581 bits per heavy atom. The zero-order valence-corrected chi connectivity index (χ0v) is 25.5. The number of nitrogens with zero attached hydrogens (tertiary/aromatic N) is 1. The molecule has 0 unspecified atom stereocenters. The SMILES string of the molecule is COc1ccc(C=Cc2cc(OC)c(OC)c(OC)c2)cc1OCCOc1cc(-c2nc3ccccc3s2)ccc1OC. The summed E-state index contributed by atoms with van der Waals surface area (Å²) in [5.74, 6) is 4.21. The number of fused-ring (bicyclic) bond motifs is 1. The number of ether oxygens (including phenoxy) is 7. The summed E-state index contributed by atoms with van der Waals surface area (Å²) >= 11 is 1.64. The van der Waals surface area contributed by atoms with E-state index in [1.807, 2.05) is 78.9 Å². The van der Waals surface area contributed by atoms with Crippen LogP contribution in [0.5, 0.6) is 40.2 Å². The van der Waals surface area contributed by atoms with Gasteiger partial charge in [0.15, 0.2) is 34.5 Å². The molecular weight excluding hydrogens is 566 g/mol. The van der Waals surface area contributed by atoms with Gasteiger partial charge >= 0.3 is 0 Å². The van der Waals surface area contributed by atoms with Crippen LogP contribution in [0, 0.1) is 0 Å². The van der Waals surface area contributed by atoms with E-state index in [-0.39, 0.29) is 0 Å². The monoisotopic (exact) mass is 599 g/mol. The Balaban J connectivity index is 1.27. The van der Waals surface area contributed by atoms with Crippen LogP contribution >= 0.6 is 11.3 Å². The molecule has 0 atom stereocenters. The first kappa shape index (κ1) is 29.6. The van der Waals surface area contributed by atoms with Gasteiger partial charge in [-0.3, -0.25) is 0 Å². The van der Waals surface area contributed by atoms with Crippen LogP contribution in [-0.4, -0.2) is 53.7 Å². The lowest BCUT2D eigenvalue weighted by molar-refractivity contribution is 0.206. The summed E-state index contributed by atoms with van der Waals surface area (Å²) in [5, 5.41) is 0.922. The Bertz CT molecular complexity index is 1670. The van der Waals surface area contributed by atoms with Crippen LogP contribution in [0.3, 0.4) is 0 Å². The van der Waals surface area contributed by atoms with Crippen molar-refractivity contribution < 1.29 is 33.2 Å². The third-order valence-electron chi connectivity index (χ3n) is 6.65. The van der Waals surface area contributed by atoms with Gasteiger partial charge in [-0.25, -0.2) is 4.98 Å². The van der Waals surface area contributed by atoms with Gasteiger partial charge in [-0.1, -0.05) is 30.4 Å². The molecule has 0 saturated carbocycles. The van der Waals surface area contributed by atoms with E-state index in [1.54, 1.807) is 46.9 Å². The molecule has 0 spiro atoms. The summed E-state index contributed by atoms with van der Waals surface area (Å²) in [4.78, 5) is 4.76. The molecule has 0 bridgehead atoms. The third kappa shape index (κ3) is 6.79. The van der Waals surface area contributed by atoms with E-state index in [1.165, 1.54) is 0 Å². The van der Waals surface area contributed by atoms with Crippen molar-refractivity contribution in [2.24, 2.45) is 0 Å². The number of rotatable bonds is 13. The molecule has 1 heterocycles. The van der Waals surface area contributed by atoms with Gasteiger partial charge in [0.2, 0.25) is 5.75 Å². The van der Waals surface area contributed by atoms with E-state index in [0.29, 0.717) is 53.5 Å². The molecule has 43 heavy (non-hydrogen) atoms. The number of thiazole rings is 1. The summed E-state index contributed by atoms with van der Waals surface area (Å²) in [6, 6.07) is 23.4. The molecule has 9 heteroatoms. The van der Waals surface area contributed by atoms with Gasteiger partial charge < -0.3 is 33.2 Å². The normalized spacial score (nSPS) is 11.0. The number of para-hydroxylation sites is 1. The second-order valence-corrected chi connectivity index (χ2v) is 10.3. The quantitative estimate of drug-likeness (QED) is 0.101. The highest BCUT2D eigenvalue weighted by atomic mass is 32.1. The zero-order valence-electron chi connectivity index (χ0n) is 24.7. The minimum atomic E-state index is 0.297. The summed E-state index contributed by atoms with van der Waals surface area (Å²) in [6.07, 6.45) is 3.94. The molecule has 8 nitrogen and oxygen atoms in total. The highest BCUT2D eigenvalue weighted by molar-refractivity contribution is 7.21. The summed E-state index contributed by atoms with van der Waals surface area (Å²) in [6.45, 7) is 0.596. The summed E-state index contributed by atoms with van der Waals surface area (Å²) < 4.78 is 40.7. The van der Waals surface area contributed by atoms with Gasteiger partial charge in [0.25, 0.3) is 0 Å². The van der Waals surface area contributed by atoms with Crippen molar-refractivity contribution in [1.29, 1.82) is 0 Å². The molecule has 0 N–H and O–H groups in total. The van der Waals surface area contributed by atoms with Crippen molar-refractivity contribution in [3.05, 3.63) is 83.9 Å². The van der Waals surface area contributed by atoms with Crippen molar-refractivity contribution in [3.63, 3.8) is 0 Å². The first-order valence-electron chi connectivity index (χ1n) is 13.5.